The number of allylic oxidation sites excluding steroid dienone is 6. The van der Waals surface area contributed by atoms with Gasteiger partial charge in [-0.3, -0.25) is 0 Å². The number of methoxy groups -OCH3 is 3. The van der Waals surface area contributed by atoms with Crippen LogP contribution in [0.5, 0.6) is 0 Å². The quantitative estimate of drug-likeness (QED) is 0.0664. The summed E-state index contributed by atoms with van der Waals surface area (Å²) in [6.45, 7) is 16.3. The largest absolute Gasteiger partial charge is 0.495 e. The molecule has 15 nitrogen and oxygen atoms in total. The van der Waals surface area contributed by atoms with E-state index in [0.29, 0.717) is 72.5 Å². The molecule has 0 radical (unpaired) electrons. The maximum absolute atomic E-state index is 14.1. The summed E-state index contributed by atoms with van der Waals surface area (Å²) in [6, 6.07) is 6.25. The molecule has 0 aromatic rings. The fraction of sp³-hybridized carbons (Fsp3) is 0.654. The number of likely N-dealkylation sites (tertiary alicyclic amines) is 3. The maximum atomic E-state index is 14.1. The fourth-order valence-corrected chi connectivity index (χ4v) is 10.7. The molecule has 362 valence electrons. The minimum absolute atomic E-state index is 0.206. The van der Waals surface area contributed by atoms with Gasteiger partial charge in [0.05, 0.1) is 44.3 Å². The Morgan fingerprint density at radius 2 is 0.701 bits per heavy atom. The third-order valence-electron chi connectivity index (χ3n) is 13.8. The maximum Gasteiger partial charge on any atom is 0.349 e. The minimum atomic E-state index is -0.974. The van der Waals surface area contributed by atoms with Gasteiger partial charge in [-0.05, 0) is 93.3 Å². The highest BCUT2D eigenvalue weighted by atomic mass is 16.6. The molecule has 0 bridgehead atoms. The molecule has 6 rings (SSSR count). The number of carbonyl (C=O) groups is 3. The first kappa shape index (κ1) is 50.5. The first-order chi connectivity index (χ1) is 31.9. The van der Waals surface area contributed by atoms with E-state index in [9.17, 15) is 30.2 Å². The summed E-state index contributed by atoms with van der Waals surface area (Å²) in [5.41, 5.74) is 2.74. The van der Waals surface area contributed by atoms with Gasteiger partial charge in [0.2, 0.25) is 0 Å². The first-order valence-electron chi connectivity index (χ1n) is 23.9. The van der Waals surface area contributed by atoms with Crippen LogP contribution in [0.4, 0.5) is 0 Å². The Balaban J connectivity index is 1.31. The number of ether oxygens (including phenoxy) is 6. The average molecular weight is 923 g/mol. The Bertz CT molecular complexity index is 2020. The van der Waals surface area contributed by atoms with Crippen molar-refractivity contribution in [3.05, 3.63) is 67.8 Å². The summed E-state index contributed by atoms with van der Waals surface area (Å²) >= 11 is 0. The lowest BCUT2D eigenvalue weighted by molar-refractivity contribution is -0.148. The van der Waals surface area contributed by atoms with Gasteiger partial charge in [0.1, 0.15) is 72.0 Å². The monoisotopic (exact) mass is 923 g/mol. The Morgan fingerprint density at radius 3 is 0.910 bits per heavy atom. The molecule has 6 aliphatic rings. The van der Waals surface area contributed by atoms with Crippen molar-refractivity contribution in [3.8, 4) is 18.2 Å². The first-order valence-corrected chi connectivity index (χ1v) is 23.9. The number of carbonyl (C=O) groups excluding carboxylic acids is 3. The second-order valence-electron chi connectivity index (χ2n) is 21.1. The number of nitriles is 3. The minimum Gasteiger partial charge on any atom is -0.495 e. The van der Waals surface area contributed by atoms with Gasteiger partial charge in [-0.25, -0.2) is 14.4 Å². The van der Waals surface area contributed by atoms with Crippen LogP contribution in [0.1, 0.15) is 119 Å². The zero-order valence-electron chi connectivity index (χ0n) is 41.3. The van der Waals surface area contributed by atoms with Gasteiger partial charge in [-0.15, -0.1) is 0 Å². The van der Waals surface area contributed by atoms with Crippen molar-refractivity contribution in [3.63, 3.8) is 0 Å². The van der Waals surface area contributed by atoms with Crippen molar-refractivity contribution in [1.29, 1.82) is 15.8 Å². The molecule has 0 saturated carbocycles. The van der Waals surface area contributed by atoms with E-state index >= 15 is 0 Å². The molecule has 0 N–H and O–H groups in total. The van der Waals surface area contributed by atoms with E-state index in [1.54, 1.807) is 0 Å². The third-order valence-corrected chi connectivity index (χ3v) is 13.8. The van der Waals surface area contributed by atoms with E-state index in [4.69, 9.17) is 28.4 Å². The van der Waals surface area contributed by atoms with Gasteiger partial charge in [0.15, 0.2) is 0 Å². The van der Waals surface area contributed by atoms with Crippen LogP contribution in [0.3, 0.4) is 0 Å². The Kier molecular flexibility index (Phi) is 16.1. The standard InChI is InChI=1S/C52H70N6O9/c1-50(2)22-35(44(62-7)41(25-50)56-16-10-11-17-56)38(28-53)47(59)65-31-34(32-66-48(60)39(29-54)36-23-51(3,4)26-42(45(36)63-8)57-18-12-13-19-57)33-67-49(61)40(30-55)37-24-52(5,6)27-43(46(37)64-9)58-20-14-15-21-58/h34H,10-27,31-33H2,1-9H3/b38-35+,39-36+,40-37+. The molecule has 0 aromatic heterocycles. The van der Waals surface area contributed by atoms with Crippen LogP contribution >= 0.6 is 0 Å². The van der Waals surface area contributed by atoms with Crippen molar-refractivity contribution in [2.75, 3.05) is 80.4 Å². The van der Waals surface area contributed by atoms with Crippen molar-refractivity contribution < 1.29 is 42.8 Å². The lowest BCUT2D eigenvalue weighted by Crippen LogP contribution is -2.32. The van der Waals surface area contributed by atoms with Gasteiger partial charge in [-0.1, -0.05) is 41.5 Å². The molecular formula is C52H70N6O9. The second-order valence-corrected chi connectivity index (χ2v) is 21.1. The smallest absolute Gasteiger partial charge is 0.349 e. The Hall–Kier alpha value is -5.88. The Morgan fingerprint density at radius 1 is 0.463 bits per heavy atom. The van der Waals surface area contributed by atoms with E-state index in [1.165, 1.54) is 21.3 Å². The van der Waals surface area contributed by atoms with Crippen LogP contribution in [0.2, 0.25) is 0 Å². The predicted octanol–water partition coefficient (Wildman–Crippen LogP) is 8.01. The molecule has 3 heterocycles. The molecule has 0 atom stereocenters. The van der Waals surface area contributed by atoms with Crippen LogP contribution < -0.4 is 0 Å². The van der Waals surface area contributed by atoms with Crippen molar-refractivity contribution in [2.45, 2.75) is 119 Å². The molecule has 67 heavy (non-hydrogen) atoms. The van der Waals surface area contributed by atoms with E-state index in [0.717, 1.165) is 94.9 Å². The highest BCUT2D eigenvalue weighted by molar-refractivity contribution is 5.96. The van der Waals surface area contributed by atoms with Gasteiger partial charge in [0.25, 0.3) is 0 Å². The summed E-state index contributed by atoms with van der Waals surface area (Å²) in [6.07, 6.45) is 9.53. The normalized spacial score (nSPS) is 23.6. The topological polar surface area (TPSA) is 188 Å². The summed E-state index contributed by atoms with van der Waals surface area (Å²) in [5.74, 6) is -2.21. The molecule has 3 aliphatic heterocycles. The zero-order chi connectivity index (χ0) is 48.7. The number of hydrogen-bond acceptors (Lipinski definition) is 15. The fourth-order valence-electron chi connectivity index (χ4n) is 10.7. The van der Waals surface area contributed by atoms with Crippen LogP contribution in [0.15, 0.2) is 67.8 Å². The third kappa shape index (κ3) is 11.6. The molecule has 3 aliphatic carbocycles. The van der Waals surface area contributed by atoms with Crippen molar-refractivity contribution in [2.24, 2.45) is 22.2 Å². The highest BCUT2D eigenvalue weighted by Gasteiger charge is 2.41. The molecule has 3 fully saturated rings. The van der Waals surface area contributed by atoms with Gasteiger partial charge in [0, 0.05) is 56.0 Å². The molecule has 0 aromatic carbocycles. The summed E-state index contributed by atoms with van der Waals surface area (Å²) < 4.78 is 35.3. The summed E-state index contributed by atoms with van der Waals surface area (Å²) in [5, 5.41) is 31.5. The van der Waals surface area contributed by atoms with Crippen molar-refractivity contribution >= 4 is 17.9 Å². The number of esters is 3. The summed E-state index contributed by atoms with van der Waals surface area (Å²) in [7, 11) is 4.62. The average Bonchev–Trinajstić information content (AvgIpc) is 4.11. The highest BCUT2D eigenvalue weighted by Crippen LogP contribution is 2.48. The molecule has 3 saturated heterocycles. The number of rotatable bonds is 15. The SMILES string of the molecule is COC1=C(N2CCCC2)CC(C)(C)C/C1=C(/C#N)C(=O)OCC(COC(=O)/C(C#N)=C1\CC(C)(C)CC(N2CCCC2)=C1OC)COC(=O)/C(C#N)=C1\CC(C)(C)CC(N2CCCC2)=C1OC. The van der Waals surface area contributed by atoms with Crippen LogP contribution in [-0.4, -0.2) is 113 Å². The van der Waals surface area contributed by atoms with Crippen LogP contribution in [0, 0.1) is 56.2 Å². The lowest BCUT2D eigenvalue weighted by Gasteiger charge is -2.38. The van der Waals surface area contributed by atoms with E-state index in [-0.39, 0.29) is 33.0 Å². The van der Waals surface area contributed by atoms with Crippen LogP contribution in [-0.2, 0) is 42.8 Å². The van der Waals surface area contributed by atoms with E-state index in [2.05, 4.69) is 74.4 Å². The molecule has 0 amide bonds. The number of hydrogen-bond donors (Lipinski definition) is 0. The second kappa shape index (κ2) is 21.4. The lowest BCUT2D eigenvalue weighted by atomic mass is 9.74. The molecule has 15 heteroatoms. The number of nitrogens with zero attached hydrogens (tertiary/aromatic N) is 6. The van der Waals surface area contributed by atoms with Crippen molar-refractivity contribution in [1.82, 2.24) is 14.7 Å². The zero-order valence-corrected chi connectivity index (χ0v) is 41.3. The molecular weight excluding hydrogens is 853 g/mol. The van der Waals surface area contributed by atoms with Gasteiger partial charge in [-0.2, -0.15) is 15.8 Å². The Labute approximate surface area is 397 Å². The van der Waals surface area contributed by atoms with E-state index in [1.807, 2.05) is 0 Å². The van der Waals surface area contributed by atoms with Gasteiger partial charge < -0.3 is 43.1 Å². The molecule has 0 spiro atoms. The predicted molar refractivity (Wildman–Crippen MR) is 248 cm³/mol. The van der Waals surface area contributed by atoms with Gasteiger partial charge >= 0.3 is 17.9 Å². The van der Waals surface area contributed by atoms with E-state index < -0.39 is 43.6 Å². The van der Waals surface area contributed by atoms with Crippen LogP contribution in [0.25, 0.3) is 0 Å². The summed E-state index contributed by atoms with van der Waals surface area (Å²) in [4.78, 5) is 49.0. The molecule has 0 unspecified atom stereocenters.